The van der Waals surface area contributed by atoms with Crippen LogP contribution in [0.3, 0.4) is 0 Å². The van der Waals surface area contributed by atoms with Crippen molar-refractivity contribution in [2.75, 3.05) is 11.5 Å². The van der Waals surface area contributed by atoms with Gasteiger partial charge in [-0.05, 0) is 36.4 Å². The molecule has 0 atom stereocenters. The molecule has 0 aliphatic carbocycles. The average molecular weight is 406 g/mol. The highest BCUT2D eigenvalue weighted by Gasteiger charge is 2.33. The van der Waals surface area contributed by atoms with Crippen molar-refractivity contribution in [2.45, 2.75) is 0 Å². The SMILES string of the molecule is O=C(O)COc1ccccc1/C=C1/SC(=S)N(c2ccc(Cl)cc2)C1=O. The molecule has 1 saturated heterocycles. The van der Waals surface area contributed by atoms with Crippen LogP contribution in [-0.2, 0) is 9.59 Å². The second-order valence-corrected chi connectivity index (χ2v) is 7.33. The van der Waals surface area contributed by atoms with E-state index in [1.54, 1.807) is 54.6 Å². The molecule has 1 aliphatic heterocycles. The van der Waals surface area contributed by atoms with Crippen LogP contribution in [0.5, 0.6) is 5.75 Å². The quantitative estimate of drug-likeness (QED) is 0.593. The number of ether oxygens (including phenoxy) is 1. The van der Waals surface area contributed by atoms with E-state index >= 15 is 0 Å². The lowest BCUT2D eigenvalue weighted by atomic mass is 10.2. The molecule has 0 spiro atoms. The highest BCUT2D eigenvalue weighted by Crippen LogP contribution is 2.37. The highest BCUT2D eigenvalue weighted by molar-refractivity contribution is 8.27. The summed E-state index contributed by atoms with van der Waals surface area (Å²) in [5.41, 5.74) is 1.24. The highest BCUT2D eigenvalue weighted by atomic mass is 35.5. The van der Waals surface area contributed by atoms with Gasteiger partial charge in [-0.1, -0.05) is 53.8 Å². The fraction of sp³-hybridized carbons (Fsp3) is 0.0556. The topological polar surface area (TPSA) is 66.8 Å². The third kappa shape index (κ3) is 4.07. The van der Waals surface area contributed by atoms with Crippen LogP contribution < -0.4 is 9.64 Å². The second-order valence-electron chi connectivity index (χ2n) is 5.21. The van der Waals surface area contributed by atoms with E-state index in [9.17, 15) is 9.59 Å². The van der Waals surface area contributed by atoms with Gasteiger partial charge < -0.3 is 9.84 Å². The minimum atomic E-state index is -1.08. The molecule has 0 saturated carbocycles. The van der Waals surface area contributed by atoms with Crippen molar-refractivity contribution in [3.63, 3.8) is 0 Å². The predicted molar refractivity (Wildman–Crippen MR) is 107 cm³/mol. The number of rotatable bonds is 5. The Morgan fingerprint density at radius 3 is 2.62 bits per heavy atom. The van der Waals surface area contributed by atoms with E-state index in [0.29, 0.717) is 31.2 Å². The zero-order valence-corrected chi connectivity index (χ0v) is 15.6. The molecule has 3 rings (SSSR count). The normalized spacial score (nSPS) is 15.6. The minimum Gasteiger partial charge on any atom is -0.481 e. The first-order valence-electron chi connectivity index (χ1n) is 7.43. The Hall–Kier alpha value is -2.35. The number of para-hydroxylation sites is 1. The van der Waals surface area contributed by atoms with Crippen molar-refractivity contribution in [1.82, 2.24) is 0 Å². The van der Waals surface area contributed by atoms with Crippen molar-refractivity contribution < 1.29 is 19.4 Å². The van der Waals surface area contributed by atoms with E-state index in [2.05, 4.69) is 0 Å². The number of thiocarbonyl (C=S) groups is 1. The summed E-state index contributed by atoms with van der Waals surface area (Å²) < 4.78 is 5.68. The summed E-state index contributed by atoms with van der Waals surface area (Å²) in [6.45, 7) is -0.462. The molecule has 8 heteroatoms. The Morgan fingerprint density at radius 1 is 1.23 bits per heavy atom. The second kappa shape index (κ2) is 7.90. The van der Waals surface area contributed by atoms with E-state index < -0.39 is 12.6 Å². The van der Waals surface area contributed by atoms with Gasteiger partial charge >= 0.3 is 5.97 Å². The Kier molecular flexibility index (Phi) is 5.61. The minimum absolute atomic E-state index is 0.254. The van der Waals surface area contributed by atoms with Crippen LogP contribution in [0.2, 0.25) is 5.02 Å². The van der Waals surface area contributed by atoms with Gasteiger partial charge in [-0.25, -0.2) is 4.79 Å². The van der Waals surface area contributed by atoms with Crippen LogP contribution in [0, 0.1) is 0 Å². The molecule has 2 aromatic carbocycles. The van der Waals surface area contributed by atoms with Crippen LogP contribution in [0.1, 0.15) is 5.56 Å². The van der Waals surface area contributed by atoms with E-state index in [-0.39, 0.29) is 5.91 Å². The molecular weight excluding hydrogens is 394 g/mol. The molecule has 0 bridgehead atoms. The van der Waals surface area contributed by atoms with Crippen LogP contribution in [0.4, 0.5) is 5.69 Å². The van der Waals surface area contributed by atoms with Crippen molar-refractivity contribution in [3.8, 4) is 5.75 Å². The Bertz CT molecular complexity index is 912. The summed E-state index contributed by atoms with van der Waals surface area (Å²) >= 11 is 12.4. The van der Waals surface area contributed by atoms with E-state index in [1.165, 1.54) is 16.7 Å². The van der Waals surface area contributed by atoms with Crippen molar-refractivity contribution >= 4 is 63.5 Å². The van der Waals surface area contributed by atoms with E-state index in [0.717, 1.165) is 0 Å². The number of thioether (sulfide) groups is 1. The Balaban J connectivity index is 1.89. The summed E-state index contributed by atoms with van der Waals surface area (Å²) in [5.74, 6) is -0.948. The Labute approximate surface area is 164 Å². The molecule has 0 unspecified atom stereocenters. The predicted octanol–water partition coefficient (Wildman–Crippen LogP) is 4.21. The maximum Gasteiger partial charge on any atom is 0.341 e. The molecule has 0 aromatic heterocycles. The van der Waals surface area contributed by atoms with Crippen molar-refractivity contribution in [2.24, 2.45) is 0 Å². The molecule has 5 nitrogen and oxygen atoms in total. The maximum atomic E-state index is 12.8. The van der Waals surface area contributed by atoms with Gasteiger partial charge in [0, 0.05) is 10.6 Å². The number of amides is 1. The van der Waals surface area contributed by atoms with Crippen LogP contribution >= 0.6 is 35.6 Å². The monoisotopic (exact) mass is 405 g/mol. The number of carbonyl (C=O) groups is 2. The fourth-order valence-corrected chi connectivity index (χ4v) is 3.71. The van der Waals surface area contributed by atoms with Crippen LogP contribution in [-0.4, -0.2) is 27.9 Å². The number of aliphatic carboxylic acids is 1. The standard InChI is InChI=1S/C18H12ClNO4S2/c19-12-5-7-13(8-6-12)20-17(23)15(26-18(20)25)9-11-3-1-2-4-14(11)24-10-16(21)22/h1-9H,10H2,(H,21,22)/b15-9+. The lowest BCUT2D eigenvalue weighted by molar-refractivity contribution is -0.139. The summed E-state index contributed by atoms with van der Waals surface area (Å²) in [6.07, 6.45) is 1.65. The van der Waals surface area contributed by atoms with Gasteiger partial charge in [0.05, 0.1) is 10.6 Å². The molecule has 132 valence electrons. The van der Waals surface area contributed by atoms with E-state index in [1.807, 2.05) is 0 Å². The summed E-state index contributed by atoms with van der Waals surface area (Å²) in [4.78, 5) is 25.3. The number of carboxylic acids is 1. The van der Waals surface area contributed by atoms with Crippen molar-refractivity contribution in [1.29, 1.82) is 0 Å². The Morgan fingerprint density at radius 2 is 1.92 bits per heavy atom. The first-order valence-corrected chi connectivity index (χ1v) is 9.03. The number of benzene rings is 2. The molecule has 1 heterocycles. The third-order valence-corrected chi connectivity index (χ3v) is 4.99. The number of carbonyl (C=O) groups excluding carboxylic acids is 1. The fourth-order valence-electron chi connectivity index (χ4n) is 2.29. The number of hydrogen-bond acceptors (Lipinski definition) is 5. The molecule has 0 radical (unpaired) electrons. The van der Waals surface area contributed by atoms with Gasteiger partial charge in [-0.2, -0.15) is 0 Å². The van der Waals surface area contributed by atoms with Gasteiger partial charge in [0.15, 0.2) is 10.9 Å². The maximum absolute atomic E-state index is 12.8. The molecule has 1 aliphatic rings. The third-order valence-electron chi connectivity index (χ3n) is 3.44. The molecule has 1 fully saturated rings. The van der Waals surface area contributed by atoms with Gasteiger partial charge in [0.2, 0.25) is 0 Å². The molecule has 26 heavy (non-hydrogen) atoms. The van der Waals surface area contributed by atoms with E-state index in [4.69, 9.17) is 33.7 Å². The first kappa shape index (κ1) is 18.4. The molecule has 1 N–H and O–H groups in total. The number of carboxylic acid groups (broad SMARTS) is 1. The summed E-state index contributed by atoms with van der Waals surface area (Å²) in [6, 6.07) is 13.7. The number of anilines is 1. The summed E-state index contributed by atoms with van der Waals surface area (Å²) in [5, 5.41) is 9.34. The number of nitrogens with zero attached hydrogens (tertiary/aromatic N) is 1. The molecular formula is C18H12ClNO4S2. The first-order chi connectivity index (χ1) is 12.5. The van der Waals surface area contributed by atoms with Gasteiger partial charge in [-0.15, -0.1) is 0 Å². The number of halogens is 1. The molecule has 1 amide bonds. The zero-order chi connectivity index (χ0) is 18.7. The lowest BCUT2D eigenvalue weighted by Gasteiger charge is -2.14. The largest absolute Gasteiger partial charge is 0.481 e. The summed E-state index contributed by atoms with van der Waals surface area (Å²) in [7, 11) is 0. The lowest BCUT2D eigenvalue weighted by Crippen LogP contribution is -2.27. The van der Waals surface area contributed by atoms with Gasteiger partial charge in [0.1, 0.15) is 5.75 Å². The molecule has 2 aromatic rings. The average Bonchev–Trinajstić information content (AvgIpc) is 2.89. The van der Waals surface area contributed by atoms with Crippen LogP contribution in [0.15, 0.2) is 53.4 Å². The number of hydrogen-bond donors (Lipinski definition) is 1. The van der Waals surface area contributed by atoms with Gasteiger partial charge in [-0.3, -0.25) is 9.69 Å². The smallest absolute Gasteiger partial charge is 0.341 e. The van der Waals surface area contributed by atoms with Crippen molar-refractivity contribution in [3.05, 3.63) is 64.0 Å². The zero-order valence-electron chi connectivity index (χ0n) is 13.2. The van der Waals surface area contributed by atoms with Gasteiger partial charge in [0.25, 0.3) is 5.91 Å². The van der Waals surface area contributed by atoms with Crippen LogP contribution in [0.25, 0.3) is 6.08 Å².